The number of carbonyl (C=O) groups is 1. The van der Waals surface area contributed by atoms with Crippen LogP contribution < -0.4 is 20.1 Å². The van der Waals surface area contributed by atoms with Crippen molar-refractivity contribution in [1.82, 2.24) is 10.2 Å². The van der Waals surface area contributed by atoms with E-state index in [1.807, 2.05) is 0 Å². The summed E-state index contributed by atoms with van der Waals surface area (Å²) < 4.78 is 16.0. The molecule has 24 heavy (non-hydrogen) atoms. The number of nitrogens with one attached hydrogen (secondary N) is 2. The van der Waals surface area contributed by atoms with E-state index in [1.54, 1.807) is 32.4 Å². The average Bonchev–Trinajstić information content (AvgIpc) is 2.59. The van der Waals surface area contributed by atoms with Gasteiger partial charge in [-0.15, -0.1) is 0 Å². The van der Waals surface area contributed by atoms with Crippen LogP contribution in [0.3, 0.4) is 0 Å². The molecule has 0 aliphatic heterocycles. The van der Waals surface area contributed by atoms with Gasteiger partial charge in [-0.3, -0.25) is 0 Å². The molecular weight excluding hydrogens is 310 g/mol. The van der Waals surface area contributed by atoms with Crippen LogP contribution in [0.2, 0.25) is 0 Å². The number of carbonyl (C=O) groups excluding carboxylic acids is 1. The van der Waals surface area contributed by atoms with Crippen LogP contribution in [-0.4, -0.2) is 64.5 Å². The summed E-state index contributed by atoms with van der Waals surface area (Å²) in [6.45, 7) is 8.53. The lowest BCUT2D eigenvalue weighted by Crippen LogP contribution is -2.31. The number of nitrogens with zero attached hydrogens (tertiary/aromatic N) is 1. The van der Waals surface area contributed by atoms with E-state index in [0.717, 1.165) is 19.6 Å². The summed E-state index contributed by atoms with van der Waals surface area (Å²) in [4.78, 5) is 14.1. The molecule has 1 aromatic carbocycles. The van der Waals surface area contributed by atoms with E-state index in [2.05, 4.69) is 29.4 Å². The molecule has 0 saturated heterocycles. The van der Waals surface area contributed by atoms with E-state index in [-0.39, 0.29) is 6.03 Å². The molecule has 0 aromatic heterocycles. The fraction of sp³-hybridized carbons (Fsp3) is 0.588. The van der Waals surface area contributed by atoms with Crippen LogP contribution in [0.4, 0.5) is 10.5 Å². The minimum Gasteiger partial charge on any atom is -0.493 e. The molecule has 0 saturated carbocycles. The van der Waals surface area contributed by atoms with Crippen molar-refractivity contribution < 1.29 is 19.0 Å². The quantitative estimate of drug-likeness (QED) is 0.605. The van der Waals surface area contributed by atoms with Crippen LogP contribution in [0.15, 0.2) is 18.2 Å². The lowest BCUT2D eigenvalue weighted by atomic mass is 10.2. The Bertz CT molecular complexity index is 493. The number of urea groups is 1. The predicted molar refractivity (Wildman–Crippen MR) is 95.2 cm³/mol. The summed E-state index contributed by atoms with van der Waals surface area (Å²) in [7, 11) is 3.18. The normalized spacial score (nSPS) is 10.5. The van der Waals surface area contributed by atoms with Crippen LogP contribution >= 0.6 is 0 Å². The second kappa shape index (κ2) is 11.5. The molecule has 2 amide bonds. The van der Waals surface area contributed by atoms with Gasteiger partial charge in [0.05, 0.1) is 13.7 Å². The molecule has 0 aliphatic rings. The minimum absolute atomic E-state index is 0.286. The summed E-state index contributed by atoms with van der Waals surface area (Å²) in [5.74, 6) is 1.25. The predicted octanol–water partition coefficient (Wildman–Crippen LogP) is 2.18. The fourth-order valence-electron chi connectivity index (χ4n) is 2.13. The van der Waals surface area contributed by atoms with E-state index >= 15 is 0 Å². The number of likely N-dealkylation sites (N-methyl/N-ethyl adjacent to an activating group) is 1. The van der Waals surface area contributed by atoms with Gasteiger partial charge in [-0.1, -0.05) is 13.8 Å². The fourth-order valence-corrected chi connectivity index (χ4v) is 2.13. The first-order chi connectivity index (χ1) is 11.6. The highest BCUT2D eigenvalue weighted by Crippen LogP contribution is 2.30. The van der Waals surface area contributed by atoms with Crippen molar-refractivity contribution in [3.63, 3.8) is 0 Å². The van der Waals surface area contributed by atoms with Gasteiger partial charge in [0.1, 0.15) is 6.61 Å². The monoisotopic (exact) mass is 339 g/mol. The first kappa shape index (κ1) is 20.1. The lowest BCUT2D eigenvalue weighted by molar-refractivity contribution is 0.198. The molecule has 2 N–H and O–H groups in total. The average molecular weight is 339 g/mol. The first-order valence-electron chi connectivity index (χ1n) is 8.21. The zero-order chi connectivity index (χ0) is 17.8. The molecule has 7 heteroatoms. The Morgan fingerprint density at radius 2 is 1.88 bits per heavy atom. The number of amides is 2. The third-order valence-electron chi connectivity index (χ3n) is 3.57. The lowest BCUT2D eigenvalue weighted by Gasteiger charge is -2.19. The number of benzene rings is 1. The highest BCUT2D eigenvalue weighted by atomic mass is 16.5. The molecule has 0 unspecified atom stereocenters. The maximum absolute atomic E-state index is 11.8. The molecular formula is C17H29N3O4. The zero-order valence-electron chi connectivity index (χ0n) is 15.1. The smallest absolute Gasteiger partial charge is 0.319 e. The van der Waals surface area contributed by atoms with E-state index in [9.17, 15) is 4.79 Å². The molecule has 0 atom stereocenters. The second-order valence-corrected chi connectivity index (χ2v) is 5.11. The number of rotatable bonds is 11. The van der Waals surface area contributed by atoms with Gasteiger partial charge >= 0.3 is 6.03 Å². The molecule has 0 radical (unpaired) electrons. The van der Waals surface area contributed by atoms with Crippen LogP contribution in [0.1, 0.15) is 13.8 Å². The van der Waals surface area contributed by atoms with E-state index in [1.165, 1.54) is 0 Å². The van der Waals surface area contributed by atoms with Crippen LogP contribution in [0.25, 0.3) is 0 Å². The molecule has 0 fully saturated rings. The number of hydrogen-bond acceptors (Lipinski definition) is 5. The Balaban J connectivity index is 2.61. The van der Waals surface area contributed by atoms with Gasteiger partial charge < -0.3 is 29.7 Å². The van der Waals surface area contributed by atoms with Gasteiger partial charge in [0, 0.05) is 32.0 Å². The van der Waals surface area contributed by atoms with Crippen molar-refractivity contribution in [2.24, 2.45) is 0 Å². The molecule has 7 nitrogen and oxygen atoms in total. The highest BCUT2D eigenvalue weighted by molar-refractivity contribution is 5.89. The Morgan fingerprint density at radius 1 is 1.12 bits per heavy atom. The van der Waals surface area contributed by atoms with E-state index in [0.29, 0.717) is 36.9 Å². The van der Waals surface area contributed by atoms with Gasteiger partial charge in [-0.25, -0.2) is 4.79 Å². The van der Waals surface area contributed by atoms with E-state index in [4.69, 9.17) is 14.2 Å². The van der Waals surface area contributed by atoms with Crippen LogP contribution in [-0.2, 0) is 4.74 Å². The topological polar surface area (TPSA) is 72.1 Å². The molecule has 0 bridgehead atoms. The Morgan fingerprint density at radius 3 is 2.50 bits per heavy atom. The minimum atomic E-state index is -0.286. The van der Waals surface area contributed by atoms with Gasteiger partial charge in [0.2, 0.25) is 0 Å². The van der Waals surface area contributed by atoms with Crippen LogP contribution in [0, 0.1) is 0 Å². The Kier molecular flexibility index (Phi) is 9.64. The van der Waals surface area contributed by atoms with Crippen LogP contribution in [0.5, 0.6) is 11.5 Å². The number of anilines is 1. The maximum atomic E-state index is 11.8. The van der Waals surface area contributed by atoms with Crippen molar-refractivity contribution in [1.29, 1.82) is 0 Å². The number of methoxy groups -OCH3 is 2. The Hall–Kier alpha value is -1.99. The molecule has 0 heterocycles. The molecule has 1 aromatic rings. The highest BCUT2D eigenvalue weighted by Gasteiger charge is 2.09. The maximum Gasteiger partial charge on any atom is 0.319 e. The second-order valence-electron chi connectivity index (χ2n) is 5.11. The molecule has 1 rings (SSSR count). The standard InChI is InChI=1S/C17H29N3O4/c1-5-20(6-2)10-12-24-16-13-14(7-8-15(16)23-4)19-17(21)18-9-11-22-3/h7-8,13H,5-6,9-12H2,1-4H3,(H2,18,19,21). The third-order valence-corrected chi connectivity index (χ3v) is 3.57. The SMILES string of the molecule is CCN(CC)CCOc1cc(NC(=O)NCCOC)ccc1OC. The summed E-state index contributed by atoms with van der Waals surface area (Å²) in [6, 6.07) is 5.02. The number of hydrogen-bond donors (Lipinski definition) is 2. The third kappa shape index (κ3) is 7.06. The largest absolute Gasteiger partial charge is 0.493 e. The van der Waals surface area contributed by atoms with Gasteiger partial charge in [0.25, 0.3) is 0 Å². The van der Waals surface area contributed by atoms with Gasteiger partial charge in [-0.2, -0.15) is 0 Å². The van der Waals surface area contributed by atoms with Gasteiger partial charge in [0.15, 0.2) is 11.5 Å². The zero-order valence-corrected chi connectivity index (χ0v) is 15.1. The summed E-state index contributed by atoms with van der Waals surface area (Å²) in [5.41, 5.74) is 0.642. The summed E-state index contributed by atoms with van der Waals surface area (Å²) in [6.07, 6.45) is 0. The van der Waals surface area contributed by atoms with Crippen molar-refractivity contribution in [2.45, 2.75) is 13.8 Å². The Labute approximate surface area is 144 Å². The van der Waals surface area contributed by atoms with Crippen molar-refractivity contribution in [3.05, 3.63) is 18.2 Å². The van der Waals surface area contributed by atoms with Crippen molar-refractivity contribution >= 4 is 11.7 Å². The van der Waals surface area contributed by atoms with Crippen molar-refractivity contribution in [3.8, 4) is 11.5 Å². The molecule has 0 spiro atoms. The van der Waals surface area contributed by atoms with Gasteiger partial charge in [-0.05, 0) is 25.2 Å². The number of ether oxygens (including phenoxy) is 3. The molecule has 0 aliphatic carbocycles. The van der Waals surface area contributed by atoms with Crippen molar-refractivity contribution in [2.75, 3.05) is 58.9 Å². The van der Waals surface area contributed by atoms with E-state index < -0.39 is 0 Å². The summed E-state index contributed by atoms with van der Waals surface area (Å²) in [5, 5.41) is 5.46. The summed E-state index contributed by atoms with van der Waals surface area (Å²) >= 11 is 0. The first-order valence-corrected chi connectivity index (χ1v) is 8.21. The molecule has 136 valence electrons.